The highest BCUT2D eigenvalue weighted by atomic mass is 16.6. The first-order valence-corrected chi connectivity index (χ1v) is 6.55. The van der Waals surface area contributed by atoms with Gasteiger partial charge in [-0.1, -0.05) is 13.8 Å². The van der Waals surface area contributed by atoms with E-state index in [9.17, 15) is 9.59 Å². The lowest BCUT2D eigenvalue weighted by atomic mass is 9.92. The van der Waals surface area contributed by atoms with Crippen LogP contribution in [0.15, 0.2) is 0 Å². The zero-order chi connectivity index (χ0) is 14.4. The summed E-state index contributed by atoms with van der Waals surface area (Å²) >= 11 is 0. The molecule has 0 heterocycles. The number of esters is 2. The molecule has 0 aromatic heterocycles. The van der Waals surface area contributed by atoms with Gasteiger partial charge in [-0.3, -0.25) is 9.59 Å². The SMILES string of the molecule is CCCC(=O)OC(C)(C)CC(C)(C)OC(=O)CC. The Morgan fingerprint density at radius 3 is 1.72 bits per heavy atom. The number of carbonyl (C=O) groups is 2. The number of rotatable bonds is 7. The minimum Gasteiger partial charge on any atom is -0.459 e. The summed E-state index contributed by atoms with van der Waals surface area (Å²) < 4.78 is 10.7. The van der Waals surface area contributed by atoms with Crippen molar-refractivity contribution < 1.29 is 19.1 Å². The number of hydrogen-bond donors (Lipinski definition) is 0. The molecule has 0 aromatic carbocycles. The minimum atomic E-state index is -0.636. The summed E-state index contributed by atoms with van der Waals surface area (Å²) in [6.07, 6.45) is 2.00. The Hall–Kier alpha value is -1.06. The van der Waals surface area contributed by atoms with Crippen molar-refractivity contribution in [2.24, 2.45) is 0 Å². The van der Waals surface area contributed by atoms with E-state index in [1.807, 2.05) is 34.6 Å². The van der Waals surface area contributed by atoms with Crippen molar-refractivity contribution in [3.05, 3.63) is 0 Å². The first kappa shape index (κ1) is 16.9. The van der Waals surface area contributed by atoms with Gasteiger partial charge >= 0.3 is 11.9 Å². The van der Waals surface area contributed by atoms with Gasteiger partial charge in [-0.05, 0) is 34.1 Å². The van der Waals surface area contributed by atoms with Gasteiger partial charge in [0.1, 0.15) is 11.2 Å². The number of ether oxygens (including phenoxy) is 2. The average Bonchev–Trinajstić information content (AvgIpc) is 2.13. The van der Waals surface area contributed by atoms with Crippen LogP contribution in [0.2, 0.25) is 0 Å². The molecule has 0 N–H and O–H groups in total. The van der Waals surface area contributed by atoms with Gasteiger partial charge in [-0.15, -0.1) is 0 Å². The molecule has 4 heteroatoms. The molecule has 4 nitrogen and oxygen atoms in total. The van der Waals surface area contributed by atoms with Gasteiger partial charge in [0.2, 0.25) is 0 Å². The third-order valence-electron chi connectivity index (χ3n) is 2.37. The summed E-state index contributed by atoms with van der Waals surface area (Å²) in [7, 11) is 0. The summed E-state index contributed by atoms with van der Waals surface area (Å²) in [5.74, 6) is -0.448. The number of hydrogen-bond acceptors (Lipinski definition) is 4. The minimum absolute atomic E-state index is 0.208. The van der Waals surface area contributed by atoms with E-state index in [-0.39, 0.29) is 11.9 Å². The third kappa shape index (κ3) is 7.30. The third-order valence-corrected chi connectivity index (χ3v) is 2.37. The lowest BCUT2D eigenvalue weighted by Crippen LogP contribution is -2.39. The largest absolute Gasteiger partial charge is 0.459 e. The van der Waals surface area contributed by atoms with Gasteiger partial charge in [-0.2, -0.15) is 0 Å². The quantitative estimate of drug-likeness (QED) is 0.658. The standard InChI is InChI=1S/C14H26O4/c1-7-9-12(16)18-14(5,6)10-13(3,4)17-11(15)8-2/h7-10H2,1-6H3. The predicted octanol–water partition coefficient (Wildman–Crippen LogP) is 3.23. The van der Waals surface area contributed by atoms with Crippen LogP contribution in [-0.2, 0) is 19.1 Å². The second-order valence-electron chi connectivity index (χ2n) is 5.75. The Bertz CT molecular complexity index is 292. The molecule has 0 unspecified atom stereocenters. The highest BCUT2D eigenvalue weighted by Crippen LogP contribution is 2.27. The monoisotopic (exact) mass is 258 g/mol. The molecule has 0 fully saturated rings. The molecule has 0 saturated carbocycles. The maximum absolute atomic E-state index is 11.5. The summed E-state index contributed by atoms with van der Waals surface area (Å²) in [5.41, 5.74) is -1.27. The highest BCUT2D eigenvalue weighted by Gasteiger charge is 2.34. The fraction of sp³-hybridized carbons (Fsp3) is 0.857. The summed E-state index contributed by atoms with van der Waals surface area (Å²) in [5, 5.41) is 0. The molecule has 0 bridgehead atoms. The van der Waals surface area contributed by atoms with Crippen LogP contribution in [0.3, 0.4) is 0 Å². The molecule has 0 radical (unpaired) electrons. The average molecular weight is 258 g/mol. The van der Waals surface area contributed by atoms with Crippen molar-refractivity contribution in [1.29, 1.82) is 0 Å². The Morgan fingerprint density at radius 1 is 0.889 bits per heavy atom. The zero-order valence-electron chi connectivity index (χ0n) is 12.5. The van der Waals surface area contributed by atoms with Crippen molar-refractivity contribution in [2.75, 3.05) is 0 Å². The van der Waals surface area contributed by atoms with Gasteiger partial charge < -0.3 is 9.47 Å². The van der Waals surface area contributed by atoms with Gasteiger partial charge in [0, 0.05) is 19.3 Å². The Kier molecular flexibility index (Phi) is 6.36. The zero-order valence-corrected chi connectivity index (χ0v) is 12.5. The topological polar surface area (TPSA) is 52.6 Å². The maximum Gasteiger partial charge on any atom is 0.306 e. The Labute approximate surface area is 110 Å². The van der Waals surface area contributed by atoms with E-state index in [0.717, 1.165) is 6.42 Å². The molecule has 0 amide bonds. The van der Waals surface area contributed by atoms with Gasteiger partial charge in [0.15, 0.2) is 0 Å². The van der Waals surface area contributed by atoms with Crippen LogP contribution in [0.25, 0.3) is 0 Å². The second kappa shape index (κ2) is 6.76. The second-order valence-corrected chi connectivity index (χ2v) is 5.75. The van der Waals surface area contributed by atoms with E-state index in [0.29, 0.717) is 19.3 Å². The maximum atomic E-state index is 11.5. The smallest absolute Gasteiger partial charge is 0.306 e. The first-order chi connectivity index (χ1) is 8.12. The lowest BCUT2D eigenvalue weighted by Gasteiger charge is -2.34. The molecule has 106 valence electrons. The van der Waals surface area contributed by atoms with Crippen molar-refractivity contribution >= 4 is 11.9 Å². The molecule has 0 atom stereocenters. The van der Waals surface area contributed by atoms with Crippen LogP contribution >= 0.6 is 0 Å². The van der Waals surface area contributed by atoms with Gasteiger partial charge in [0.05, 0.1) is 0 Å². The van der Waals surface area contributed by atoms with Crippen LogP contribution in [-0.4, -0.2) is 23.1 Å². The summed E-state index contributed by atoms with van der Waals surface area (Å²) in [6.45, 7) is 11.0. The van der Waals surface area contributed by atoms with Crippen LogP contribution in [0.1, 0.15) is 67.2 Å². The van der Waals surface area contributed by atoms with Crippen LogP contribution < -0.4 is 0 Å². The molecule has 18 heavy (non-hydrogen) atoms. The summed E-state index contributed by atoms with van der Waals surface area (Å²) in [4.78, 5) is 22.8. The molecule has 0 rings (SSSR count). The van der Waals surface area contributed by atoms with Crippen molar-refractivity contribution in [2.45, 2.75) is 78.4 Å². The molecule has 0 aromatic rings. The fourth-order valence-corrected chi connectivity index (χ4v) is 2.04. The van der Waals surface area contributed by atoms with E-state index >= 15 is 0 Å². The Balaban J connectivity index is 4.45. The van der Waals surface area contributed by atoms with Crippen LogP contribution in [0.5, 0.6) is 0 Å². The fourth-order valence-electron chi connectivity index (χ4n) is 2.04. The van der Waals surface area contributed by atoms with Gasteiger partial charge in [0.25, 0.3) is 0 Å². The molecule has 0 saturated heterocycles. The van der Waals surface area contributed by atoms with Crippen LogP contribution in [0, 0.1) is 0 Å². The van der Waals surface area contributed by atoms with Crippen molar-refractivity contribution in [3.63, 3.8) is 0 Å². The molecular formula is C14H26O4. The van der Waals surface area contributed by atoms with Gasteiger partial charge in [-0.25, -0.2) is 0 Å². The molecular weight excluding hydrogens is 232 g/mol. The predicted molar refractivity (Wildman–Crippen MR) is 70.2 cm³/mol. The van der Waals surface area contributed by atoms with Crippen molar-refractivity contribution in [3.8, 4) is 0 Å². The normalized spacial score (nSPS) is 12.1. The summed E-state index contributed by atoms with van der Waals surface area (Å²) in [6, 6.07) is 0. The van der Waals surface area contributed by atoms with Crippen LogP contribution in [0.4, 0.5) is 0 Å². The van der Waals surface area contributed by atoms with E-state index in [1.165, 1.54) is 0 Å². The van der Waals surface area contributed by atoms with E-state index in [1.54, 1.807) is 6.92 Å². The lowest BCUT2D eigenvalue weighted by molar-refractivity contribution is -0.170. The Morgan fingerprint density at radius 2 is 1.33 bits per heavy atom. The first-order valence-electron chi connectivity index (χ1n) is 6.55. The van der Waals surface area contributed by atoms with E-state index < -0.39 is 11.2 Å². The molecule has 0 aliphatic heterocycles. The molecule has 0 aliphatic rings. The molecule has 0 aliphatic carbocycles. The van der Waals surface area contributed by atoms with Crippen molar-refractivity contribution in [1.82, 2.24) is 0 Å². The molecule has 0 spiro atoms. The highest BCUT2D eigenvalue weighted by molar-refractivity contribution is 5.70. The van der Waals surface area contributed by atoms with E-state index in [4.69, 9.17) is 9.47 Å². The van der Waals surface area contributed by atoms with E-state index in [2.05, 4.69) is 0 Å². The number of carbonyl (C=O) groups excluding carboxylic acids is 2.